The van der Waals surface area contributed by atoms with Gasteiger partial charge in [-0.3, -0.25) is 0 Å². The minimum Gasteiger partial charge on any atom is -0.387 e. The van der Waals surface area contributed by atoms with Crippen LogP contribution in [0.5, 0.6) is 0 Å². The van der Waals surface area contributed by atoms with Crippen LogP contribution in [-0.4, -0.2) is 62.4 Å². The van der Waals surface area contributed by atoms with Crippen LogP contribution in [0.25, 0.3) is 0 Å². The molecule has 1 heterocycles. The summed E-state index contributed by atoms with van der Waals surface area (Å²) in [6.45, 7) is 7.34. The molecule has 0 aromatic rings. The van der Waals surface area contributed by atoms with Gasteiger partial charge in [0.2, 0.25) is 0 Å². The maximum atomic E-state index is 10.3. The molecule has 0 bridgehead atoms. The zero-order chi connectivity index (χ0) is 15.6. The van der Waals surface area contributed by atoms with Gasteiger partial charge in [-0.15, -0.1) is 0 Å². The Morgan fingerprint density at radius 2 is 1.75 bits per heavy atom. The average molecular weight is 292 g/mol. The molecule has 1 saturated heterocycles. The summed E-state index contributed by atoms with van der Waals surface area (Å²) in [5.41, 5.74) is 0. The van der Waals surface area contributed by atoms with E-state index in [4.69, 9.17) is 23.7 Å². The zero-order valence-corrected chi connectivity index (χ0v) is 13.5. The summed E-state index contributed by atoms with van der Waals surface area (Å²) in [7, 11) is 4.58. The molecule has 1 rings (SSSR count). The molecule has 0 aliphatic carbocycles. The molecule has 0 radical (unpaired) electrons. The summed E-state index contributed by atoms with van der Waals surface area (Å²) < 4.78 is 27.5. The van der Waals surface area contributed by atoms with Crippen LogP contribution < -0.4 is 0 Å². The van der Waals surface area contributed by atoms with Crippen LogP contribution in [0, 0.1) is 0 Å². The van der Waals surface area contributed by atoms with E-state index in [-0.39, 0.29) is 18.3 Å². The maximum Gasteiger partial charge on any atom is 0.191 e. The highest BCUT2D eigenvalue weighted by Crippen LogP contribution is 2.33. The first-order valence-corrected chi connectivity index (χ1v) is 6.86. The van der Waals surface area contributed by atoms with Crippen molar-refractivity contribution in [3.8, 4) is 0 Å². The van der Waals surface area contributed by atoms with Gasteiger partial charge in [-0.1, -0.05) is 0 Å². The van der Waals surface area contributed by atoms with Crippen LogP contribution in [0.4, 0.5) is 0 Å². The molecule has 0 amide bonds. The largest absolute Gasteiger partial charge is 0.387 e. The van der Waals surface area contributed by atoms with Gasteiger partial charge in [0, 0.05) is 27.8 Å². The lowest BCUT2D eigenvalue weighted by Crippen LogP contribution is -2.47. The number of ether oxygens (including phenoxy) is 5. The minimum atomic E-state index is -1.07. The van der Waals surface area contributed by atoms with Gasteiger partial charge < -0.3 is 28.8 Å². The number of rotatable bonds is 7. The standard InChI is InChI=1S/C14H28O6/c1-9-12(20-13(2,3)19-9)10(16-5)8-11(15)14(4,17-6)18-7/h9-12,15H,8H2,1-7H3. The Balaban J connectivity index is 2.73. The number of aliphatic hydroxyl groups is 1. The van der Waals surface area contributed by atoms with Gasteiger partial charge in [0.1, 0.15) is 12.2 Å². The second-order valence-corrected chi connectivity index (χ2v) is 5.76. The van der Waals surface area contributed by atoms with E-state index in [0.717, 1.165) is 0 Å². The van der Waals surface area contributed by atoms with Crippen molar-refractivity contribution in [2.75, 3.05) is 21.3 Å². The van der Waals surface area contributed by atoms with E-state index < -0.39 is 17.7 Å². The Kier molecular flexibility index (Phi) is 5.95. The van der Waals surface area contributed by atoms with Crippen molar-refractivity contribution in [1.29, 1.82) is 0 Å². The first-order valence-electron chi connectivity index (χ1n) is 6.86. The van der Waals surface area contributed by atoms with Crippen LogP contribution >= 0.6 is 0 Å². The van der Waals surface area contributed by atoms with E-state index in [1.165, 1.54) is 14.2 Å². The molecule has 4 atom stereocenters. The Morgan fingerprint density at radius 1 is 1.20 bits per heavy atom. The van der Waals surface area contributed by atoms with E-state index in [9.17, 15) is 5.11 Å². The van der Waals surface area contributed by atoms with Gasteiger partial charge >= 0.3 is 0 Å². The third kappa shape index (κ3) is 3.90. The molecule has 4 unspecified atom stereocenters. The lowest BCUT2D eigenvalue weighted by molar-refractivity contribution is -0.255. The van der Waals surface area contributed by atoms with Crippen LogP contribution in [0.2, 0.25) is 0 Å². The second-order valence-electron chi connectivity index (χ2n) is 5.76. The van der Waals surface area contributed by atoms with Crippen molar-refractivity contribution in [1.82, 2.24) is 0 Å². The molecular formula is C14H28O6. The monoisotopic (exact) mass is 292 g/mol. The van der Waals surface area contributed by atoms with Crippen molar-refractivity contribution in [3.63, 3.8) is 0 Å². The molecule has 6 nitrogen and oxygen atoms in total. The molecule has 1 aliphatic rings. The fourth-order valence-electron chi connectivity index (χ4n) is 2.50. The van der Waals surface area contributed by atoms with Gasteiger partial charge in [-0.05, 0) is 27.7 Å². The Morgan fingerprint density at radius 3 is 2.10 bits per heavy atom. The number of methoxy groups -OCH3 is 3. The lowest BCUT2D eigenvalue weighted by Gasteiger charge is -2.34. The van der Waals surface area contributed by atoms with Crippen LogP contribution in [-0.2, 0) is 23.7 Å². The van der Waals surface area contributed by atoms with Crippen molar-refractivity contribution in [2.45, 2.75) is 70.1 Å². The fraction of sp³-hybridized carbons (Fsp3) is 1.00. The zero-order valence-electron chi connectivity index (χ0n) is 13.5. The predicted octanol–water partition coefficient (Wildman–Crippen LogP) is 1.30. The molecule has 1 N–H and O–H groups in total. The van der Waals surface area contributed by atoms with E-state index in [0.29, 0.717) is 6.42 Å². The number of hydrogen-bond donors (Lipinski definition) is 1. The molecule has 0 aromatic heterocycles. The Labute approximate surface area is 121 Å². The molecule has 1 aliphatic heterocycles. The highest BCUT2D eigenvalue weighted by molar-refractivity contribution is 4.88. The summed E-state index contributed by atoms with van der Waals surface area (Å²) in [6.07, 6.45) is -1.20. The third-order valence-electron chi connectivity index (χ3n) is 3.89. The summed E-state index contributed by atoms with van der Waals surface area (Å²) in [5.74, 6) is -1.72. The third-order valence-corrected chi connectivity index (χ3v) is 3.89. The van der Waals surface area contributed by atoms with E-state index >= 15 is 0 Å². The number of aliphatic hydroxyl groups excluding tert-OH is 1. The molecule has 120 valence electrons. The van der Waals surface area contributed by atoms with Crippen molar-refractivity contribution in [3.05, 3.63) is 0 Å². The molecule has 20 heavy (non-hydrogen) atoms. The predicted molar refractivity (Wildman–Crippen MR) is 73.3 cm³/mol. The fourth-order valence-corrected chi connectivity index (χ4v) is 2.50. The molecular weight excluding hydrogens is 264 g/mol. The molecule has 1 fully saturated rings. The normalized spacial score (nSPS) is 29.4. The minimum absolute atomic E-state index is 0.113. The molecule has 0 aromatic carbocycles. The van der Waals surface area contributed by atoms with E-state index in [1.54, 1.807) is 14.0 Å². The highest BCUT2D eigenvalue weighted by Gasteiger charge is 2.45. The van der Waals surface area contributed by atoms with Crippen LogP contribution in [0.1, 0.15) is 34.1 Å². The van der Waals surface area contributed by atoms with Crippen molar-refractivity contribution < 1.29 is 28.8 Å². The topological polar surface area (TPSA) is 66.4 Å². The van der Waals surface area contributed by atoms with Crippen LogP contribution in [0.3, 0.4) is 0 Å². The van der Waals surface area contributed by atoms with Crippen LogP contribution in [0.15, 0.2) is 0 Å². The summed E-state index contributed by atoms with van der Waals surface area (Å²) in [6, 6.07) is 0. The van der Waals surface area contributed by atoms with E-state index in [1.807, 2.05) is 20.8 Å². The summed E-state index contributed by atoms with van der Waals surface area (Å²) >= 11 is 0. The van der Waals surface area contributed by atoms with Gasteiger partial charge in [-0.25, -0.2) is 0 Å². The summed E-state index contributed by atoms with van der Waals surface area (Å²) in [4.78, 5) is 0. The van der Waals surface area contributed by atoms with Crippen molar-refractivity contribution in [2.24, 2.45) is 0 Å². The van der Waals surface area contributed by atoms with Gasteiger partial charge in [0.25, 0.3) is 0 Å². The SMILES string of the molecule is COC(CC(O)C(C)(OC)OC)C1OC(C)(C)OC1C. The highest BCUT2D eigenvalue weighted by atomic mass is 16.8. The van der Waals surface area contributed by atoms with Crippen molar-refractivity contribution >= 4 is 0 Å². The summed E-state index contributed by atoms with van der Waals surface area (Å²) in [5, 5.41) is 10.3. The molecule has 6 heteroatoms. The molecule has 0 spiro atoms. The second kappa shape index (κ2) is 6.68. The quantitative estimate of drug-likeness (QED) is 0.714. The van der Waals surface area contributed by atoms with E-state index in [2.05, 4.69) is 0 Å². The average Bonchev–Trinajstić information content (AvgIpc) is 2.67. The first-order chi connectivity index (χ1) is 9.19. The number of hydrogen-bond acceptors (Lipinski definition) is 6. The first kappa shape index (κ1) is 17.8. The maximum absolute atomic E-state index is 10.3. The molecule has 0 saturated carbocycles. The smallest absolute Gasteiger partial charge is 0.191 e. The van der Waals surface area contributed by atoms with Gasteiger partial charge in [0.15, 0.2) is 11.6 Å². The Hall–Kier alpha value is -0.240. The van der Waals surface area contributed by atoms with Gasteiger partial charge in [-0.2, -0.15) is 0 Å². The lowest BCUT2D eigenvalue weighted by atomic mass is 9.98. The Bertz CT molecular complexity index is 302. The van der Waals surface area contributed by atoms with Gasteiger partial charge in [0.05, 0.1) is 12.2 Å².